The van der Waals surface area contributed by atoms with Gasteiger partial charge in [-0.3, -0.25) is 0 Å². The van der Waals surface area contributed by atoms with E-state index >= 15 is 0 Å². The standard InChI is InChI=1S/C16H22N4S/c1-2-15(17)13-3-5-14(6-4-13)19-8-10-20(11-9-19)16-18-7-12-21-16/h3-7,12,15H,2,8-11,17H2,1H3/t15-/m1/s1. The highest BCUT2D eigenvalue weighted by atomic mass is 32.1. The zero-order valence-electron chi connectivity index (χ0n) is 12.4. The quantitative estimate of drug-likeness (QED) is 0.943. The van der Waals surface area contributed by atoms with E-state index < -0.39 is 0 Å². The number of piperazine rings is 1. The van der Waals surface area contributed by atoms with Gasteiger partial charge in [0.05, 0.1) is 0 Å². The van der Waals surface area contributed by atoms with Gasteiger partial charge in [0, 0.05) is 49.5 Å². The van der Waals surface area contributed by atoms with E-state index in [1.54, 1.807) is 11.3 Å². The van der Waals surface area contributed by atoms with Gasteiger partial charge in [0.2, 0.25) is 0 Å². The average Bonchev–Trinajstić information content (AvgIpc) is 3.09. The molecular formula is C16H22N4S. The molecule has 1 aliphatic heterocycles. The Hall–Kier alpha value is -1.59. The summed E-state index contributed by atoms with van der Waals surface area (Å²) in [5.74, 6) is 0. The van der Waals surface area contributed by atoms with Crippen molar-refractivity contribution in [1.29, 1.82) is 0 Å². The van der Waals surface area contributed by atoms with Gasteiger partial charge >= 0.3 is 0 Å². The molecule has 2 heterocycles. The minimum absolute atomic E-state index is 0.154. The Morgan fingerprint density at radius 3 is 2.38 bits per heavy atom. The van der Waals surface area contributed by atoms with E-state index in [-0.39, 0.29) is 6.04 Å². The van der Waals surface area contributed by atoms with Gasteiger partial charge in [0.1, 0.15) is 0 Å². The van der Waals surface area contributed by atoms with Gasteiger partial charge in [-0.25, -0.2) is 4.98 Å². The molecule has 3 rings (SSSR count). The summed E-state index contributed by atoms with van der Waals surface area (Å²) in [5, 5.41) is 3.18. The lowest BCUT2D eigenvalue weighted by Crippen LogP contribution is -2.46. The fourth-order valence-electron chi connectivity index (χ4n) is 2.70. The van der Waals surface area contributed by atoms with Gasteiger partial charge in [-0.2, -0.15) is 0 Å². The molecule has 1 aromatic carbocycles. The summed E-state index contributed by atoms with van der Waals surface area (Å²) in [6.07, 6.45) is 2.86. The minimum Gasteiger partial charge on any atom is -0.368 e. The molecule has 1 aromatic heterocycles. The number of rotatable bonds is 4. The van der Waals surface area contributed by atoms with Crippen LogP contribution in [0.2, 0.25) is 0 Å². The van der Waals surface area contributed by atoms with Gasteiger partial charge in [-0.1, -0.05) is 19.1 Å². The maximum absolute atomic E-state index is 6.07. The summed E-state index contributed by atoms with van der Waals surface area (Å²) < 4.78 is 0. The Balaban J connectivity index is 1.61. The highest BCUT2D eigenvalue weighted by Crippen LogP contribution is 2.23. The van der Waals surface area contributed by atoms with E-state index in [0.717, 1.165) is 37.7 Å². The van der Waals surface area contributed by atoms with Crippen molar-refractivity contribution in [2.45, 2.75) is 19.4 Å². The first kappa shape index (κ1) is 14.4. The Bertz CT molecular complexity index is 544. The number of thiazole rings is 1. The zero-order chi connectivity index (χ0) is 14.7. The van der Waals surface area contributed by atoms with E-state index in [0.29, 0.717) is 0 Å². The molecule has 0 saturated carbocycles. The largest absolute Gasteiger partial charge is 0.368 e. The SMILES string of the molecule is CC[C@@H](N)c1ccc(N2CCN(c3nccs3)CC2)cc1. The Morgan fingerprint density at radius 2 is 1.81 bits per heavy atom. The van der Waals surface area contributed by atoms with Gasteiger partial charge in [-0.05, 0) is 24.1 Å². The molecule has 4 nitrogen and oxygen atoms in total. The van der Waals surface area contributed by atoms with Crippen LogP contribution >= 0.6 is 11.3 Å². The van der Waals surface area contributed by atoms with E-state index in [9.17, 15) is 0 Å². The molecule has 0 amide bonds. The average molecular weight is 302 g/mol. The lowest BCUT2D eigenvalue weighted by atomic mass is 10.0. The molecule has 112 valence electrons. The van der Waals surface area contributed by atoms with E-state index in [2.05, 4.69) is 46.0 Å². The molecule has 2 aromatic rings. The maximum atomic E-state index is 6.07. The highest BCUT2D eigenvalue weighted by Gasteiger charge is 2.18. The minimum atomic E-state index is 0.154. The zero-order valence-corrected chi connectivity index (χ0v) is 13.2. The second kappa shape index (κ2) is 6.45. The van der Waals surface area contributed by atoms with Crippen molar-refractivity contribution in [3.8, 4) is 0 Å². The molecule has 1 fully saturated rings. The Morgan fingerprint density at radius 1 is 1.14 bits per heavy atom. The van der Waals surface area contributed by atoms with Gasteiger partial charge in [-0.15, -0.1) is 11.3 Å². The highest BCUT2D eigenvalue weighted by molar-refractivity contribution is 7.13. The van der Waals surface area contributed by atoms with Crippen LogP contribution in [0.25, 0.3) is 0 Å². The number of nitrogens with zero attached hydrogens (tertiary/aromatic N) is 3. The van der Waals surface area contributed by atoms with Crippen molar-refractivity contribution in [3.63, 3.8) is 0 Å². The topological polar surface area (TPSA) is 45.4 Å². The molecule has 1 atom stereocenters. The van der Waals surface area contributed by atoms with E-state index in [1.807, 2.05) is 11.6 Å². The third kappa shape index (κ3) is 3.19. The van der Waals surface area contributed by atoms with Crippen LogP contribution < -0.4 is 15.5 Å². The number of nitrogens with two attached hydrogens (primary N) is 1. The Labute approximate surface area is 130 Å². The van der Waals surface area contributed by atoms with E-state index in [4.69, 9.17) is 5.73 Å². The van der Waals surface area contributed by atoms with Gasteiger partial charge < -0.3 is 15.5 Å². The summed E-state index contributed by atoms with van der Waals surface area (Å²) in [6.45, 7) is 6.27. The van der Waals surface area contributed by atoms with Crippen LogP contribution in [0, 0.1) is 0 Å². The molecule has 21 heavy (non-hydrogen) atoms. The number of anilines is 2. The van der Waals surface area contributed by atoms with Crippen LogP contribution in [0.1, 0.15) is 24.9 Å². The lowest BCUT2D eigenvalue weighted by molar-refractivity contribution is 0.651. The first-order valence-electron chi connectivity index (χ1n) is 7.53. The molecule has 0 bridgehead atoms. The van der Waals surface area contributed by atoms with Crippen molar-refractivity contribution in [1.82, 2.24) is 4.98 Å². The second-order valence-electron chi connectivity index (χ2n) is 5.40. The molecule has 1 aliphatic rings. The summed E-state index contributed by atoms with van der Waals surface area (Å²) in [5.41, 5.74) is 8.59. The number of aromatic nitrogens is 1. The summed E-state index contributed by atoms with van der Waals surface area (Å²) >= 11 is 1.72. The van der Waals surface area contributed by atoms with Crippen LogP contribution in [0.5, 0.6) is 0 Å². The molecule has 0 unspecified atom stereocenters. The van der Waals surface area contributed by atoms with Gasteiger partial charge in [0.25, 0.3) is 0 Å². The summed E-state index contributed by atoms with van der Waals surface area (Å²) in [4.78, 5) is 9.19. The maximum Gasteiger partial charge on any atom is 0.185 e. The van der Waals surface area contributed by atoms with E-state index in [1.165, 1.54) is 11.3 Å². The predicted molar refractivity (Wildman–Crippen MR) is 90.2 cm³/mol. The number of hydrogen-bond acceptors (Lipinski definition) is 5. The first-order chi connectivity index (χ1) is 10.3. The predicted octanol–water partition coefficient (Wildman–Crippen LogP) is 2.88. The smallest absolute Gasteiger partial charge is 0.185 e. The third-order valence-corrected chi connectivity index (χ3v) is 4.93. The van der Waals surface area contributed by atoms with Crippen LogP contribution in [0.4, 0.5) is 10.8 Å². The normalized spacial score (nSPS) is 17.0. The molecule has 1 saturated heterocycles. The molecule has 2 N–H and O–H groups in total. The van der Waals surface area contributed by atoms with Crippen LogP contribution in [-0.4, -0.2) is 31.2 Å². The third-order valence-electron chi connectivity index (χ3n) is 4.10. The lowest BCUT2D eigenvalue weighted by Gasteiger charge is -2.36. The van der Waals surface area contributed by atoms with Crippen LogP contribution in [-0.2, 0) is 0 Å². The molecule has 0 spiro atoms. The number of hydrogen-bond donors (Lipinski definition) is 1. The van der Waals surface area contributed by atoms with Crippen molar-refractivity contribution in [2.75, 3.05) is 36.0 Å². The first-order valence-corrected chi connectivity index (χ1v) is 8.41. The van der Waals surface area contributed by atoms with Crippen LogP contribution in [0.3, 0.4) is 0 Å². The van der Waals surface area contributed by atoms with Crippen molar-refractivity contribution < 1.29 is 0 Å². The van der Waals surface area contributed by atoms with Crippen LogP contribution in [0.15, 0.2) is 35.8 Å². The fourth-order valence-corrected chi connectivity index (χ4v) is 3.39. The summed E-state index contributed by atoms with van der Waals surface area (Å²) in [6, 6.07) is 8.88. The Kier molecular flexibility index (Phi) is 4.41. The molecular weight excluding hydrogens is 280 g/mol. The number of benzene rings is 1. The molecule has 0 aliphatic carbocycles. The van der Waals surface area contributed by atoms with Crippen molar-refractivity contribution in [3.05, 3.63) is 41.4 Å². The van der Waals surface area contributed by atoms with Crippen molar-refractivity contribution in [2.24, 2.45) is 5.73 Å². The molecule has 5 heteroatoms. The summed E-state index contributed by atoms with van der Waals surface area (Å²) in [7, 11) is 0. The monoisotopic (exact) mass is 302 g/mol. The fraction of sp³-hybridized carbons (Fsp3) is 0.438. The van der Waals surface area contributed by atoms with Crippen molar-refractivity contribution >= 4 is 22.2 Å². The molecule has 0 radical (unpaired) electrons. The van der Waals surface area contributed by atoms with Gasteiger partial charge in [0.15, 0.2) is 5.13 Å². The second-order valence-corrected chi connectivity index (χ2v) is 6.27.